The Bertz CT molecular complexity index is 887. The first kappa shape index (κ1) is 20.2. The molecule has 0 aliphatic carbocycles. The zero-order valence-corrected chi connectivity index (χ0v) is 16.6. The lowest BCUT2D eigenvalue weighted by molar-refractivity contribution is 0.251. The summed E-state index contributed by atoms with van der Waals surface area (Å²) in [5.74, 6) is -0.374. The number of benzene rings is 2. The highest BCUT2D eigenvalue weighted by Gasteiger charge is 2.16. The molecular formula is C17H19BrFN3O3S. The number of anilines is 2. The molecule has 0 atom stereocenters. The first-order valence-corrected chi connectivity index (χ1v) is 10.1. The number of carbonyl (C=O) groups is 1. The largest absolute Gasteiger partial charge is 0.338 e. The molecule has 2 amide bonds. The summed E-state index contributed by atoms with van der Waals surface area (Å²) in [5.41, 5.74) is 0.295. The van der Waals surface area contributed by atoms with Gasteiger partial charge in [-0.1, -0.05) is 29.8 Å². The molecule has 2 aromatic rings. The number of carbonyl (C=O) groups excluding carboxylic acids is 1. The van der Waals surface area contributed by atoms with Crippen molar-refractivity contribution >= 4 is 43.4 Å². The lowest BCUT2D eigenvalue weighted by atomic mass is 10.2. The van der Waals surface area contributed by atoms with Gasteiger partial charge in [0.25, 0.3) is 10.0 Å². The molecule has 0 aliphatic rings. The Balaban J connectivity index is 2.07. The van der Waals surface area contributed by atoms with E-state index in [-0.39, 0.29) is 16.6 Å². The molecule has 26 heavy (non-hydrogen) atoms. The number of rotatable bonds is 6. The van der Waals surface area contributed by atoms with Gasteiger partial charge in [-0.3, -0.25) is 4.72 Å². The standard InChI is InChI=1S/C17H19BrFN3O3S/c1-11(2)10-20-17(23)21-13-4-6-14(7-5-13)26(24,25)22-16-8-3-12(18)9-15(16)19/h3-9,11,22H,10H2,1-2H3,(H2,20,21,23). The van der Waals surface area contributed by atoms with Gasteiger partial charge in [0, 0.05) is 16.7 Å². The van der Waals surface area contributed by atoms with Crippen molar-refractivity contribution in [3.05, 3.63) is 52.8 Å². The van der Waals surface area contributed by atoms with Crippen LogP contribution in [0.1, 0.15) is 13.8 Å². The highest BCUT2D eigenvalue weighted by atomic mass is 79.9. The van der Waals surface area contributed by atoms with E-state index in [4.69, 9.17) is 0 Å². The summed E-state index contributed by atoms with van der Waals surface area (Å²) in [7, 11) is -3.95. The quantitative estimate of drug-likeness (QED) is 0.625. The van der Waals surface area contributed by atoms with Crippen LogP contribution in [0.25, 0.3) is 0 Å². The third-order valence-electron chi connectivity index (χ3n) is 3.27. The van der Waals surface area contributed by atoms with Crippen molar-refractivity contribution in [1.29, 1.82) is 0 Å². The Kier molecular flexibility index (Phi) is 6.60. The Morgan fingerprint density at radius 2 is 1.81 bits per heavy atom. The second kappa shape index (κ2) is 8.50. The minimum atomic E-state index is -3.95. The average molecular weight is 444 g/mol. The molecule has 0 saturated carbocycles. The minimum Gasteiger partial charge on any atom is -0.338 e. The van der Waals surface area contributed by atoms with Gasteiger partial charge in [-0.15, -0.1) is 0 Å². The summed E-state index contributed by atoms with van der Waals surface area (Å²) >= 11 is 3.11. The topological polar surface area (TPSA) is 87.3 Å². The SMILES string of the molecule is CC(C)CNC(=O)Nc1ccc(S(=O)(=O)Nc2ccc(Br)cc2F)cc1. The van der Waals surface area contributed by atoms with Gasteiger partial charge >= 0.3 is 6.03 Å². The van der Waals surface area contributed by atoms with Crippen LogP contribution in [0.3, 0.4) is 0 Å². The molecule has 0 aromatic heterocycles. The number of amides is 2. The number of sulfonamides is 1. The van der Waals surface area contributed by atoms with Crippen LogP contribution in [0, 0.1) is 11.7 Å². The van der Waals surface area contributed by atoms with Crippen molar-refractivity contribution in [2.45, 2.75) is 18.7 Å². The van der Waals surface area contributed by atoms with Gasteiger partial charge in [-0.05, 0) is 48.4 Å². The first-order valence-electron chi connectivity index (χ1n) is 7.80. The number of urea groups is 1. The van der Waals surface area contributed by atoms with Crippen molar-refractivity contribution in [1.82, 2.24) is 5.32 Å². The molecule has 9 heteroatoms. The molecule has 140 valence electrons. The molecule has 0 unspecified atom stereocenters. The summed E-state index contributed by atoms with van der Waals surface area (Å²) in [4.78, 5) is 11.7. The number of halogens is 2. The van der Waals surface area contributed by atoms with Crippen molar-refractivity contribution < 1.29 is 17.6 Å². The van der Waals surface area contributed by atoms with E-state index in [0.717, 1.165) is 0 Å². The number of nitrogens with one attached hydrogen (secondary N) is 3. The fourth-order valence-electron chi connectivity index (χ4n) is 1.97. The van der Waals surface area contributed by atoms with E-state index in [1.807, 2.05) is 13.8 Å². The molecule has 2 rings (SSSR count). The fourth-order valence-corrected chi connectivity index (χ4v) is 3.37. The van der Waals surface area contributed by atoms with Crippen LogP contribution >= 0.6 is 15.9 Å². The van der Waals surface area contributed by atoms with Crippen molar-refractivity contribution in [3.63, 3.8) is 0 Å². The predicted octanol–water partition coefficient (Wildman–Crippen LogP) is 4.17. The van der Waals surface area contributed by atoms with E-state index in [1.165, 1.54) is 42.5 Å². The van der Waals surface area contributed by atoms with Crippen LogP contribution in [0.2, 0.25) is 0 Å². The molecule has 2 aromatic carbocycles. The maximum Gasteiger partial charge on any atom is 0.319 e. The van der Waals surface area contributed by atoms with Gasteiger partial charge < -0.3 is 10.6 Å². The highest BCUT2D eigenvalue weighted by molar-refractivity contribution is 9.10. The summed E-state index contributed by atoms with van der Waals surface area (Å²) in [6.07, 6.45) is 0. The fraction of sp³-hybridized carbons (Fsp3) is 0.235. The van der Waals surface area contributed by atoms with E-state index in [1.54, 1.807) is 0 Å². The lowest BCUT2D eigenvalue weighted by Gasteiger charge is -2.11. The molecule has 6 nitrogen and oxygen atoms in total. The summed E-state index contributed by atoms with van der Waals surface area (Å²) in [5, 5.41) is 5.30. The zero-order valence-electron chi connectivity index (χ0n) is 14.2. The Labute approximate surface area is 160 Å². The van der Waals surface area contributed by atoms with E-state index >= 15 is 0 Å². The third-order valence-corrected chi connectivity index (χ3v) is 5.14. The summed E-state index contributed by atoms with van der Waals surface area (Å²) < 4.78 is 41.2. The molecule has 0 spiro atoms. The second-order valence-electron chi connectivity index (χ2n) is 5.98. The van der Waals surface area contributed by atoms with Crippen molar-refractivity contribution in [2.75, 3.05) is 16.6 Å². The van der Waals surface area contributed by atoms with Crippen LogP contribution in [-0.4, -0.2) is 21.0 Å². The second-order valence-corrected chi connectivity index (χ2v) is 8.58. The monoisotopic (exact) mass is 443 g/mol. The zero-order chi connectivity index (χ0) is 19.3. The van der Waals surface area contributed by atoms with E-state index in [0.29, 0.717) is 22.6 Å². The molecule has 0 bridgehead atoms. The van der Waals surface area contributed by atoms with Gasteiger partial charge in [-0.2, -0.15) is 0 Å². The predicted molar refractivity (Wildman–Crippen MR) is 103 cm³/mol. The lowest BCUT2D eigenvalue weighted by Crippen LogP contribution is -2.31. The van der Waals surface area contributed by atoms with Crippen LogP contribution in [0.5, 0.6) is 0 Å². The Hall–Kier alpha value is -2.13. The van der Waals surface area contributed by atoms with E-state index in [9.17, 15) is 17.6 Å². The molecular weight excluding hydrogens is 425 g/mol. The van der Waals surface area contributed by atoms with E-state index < -0.39 is 15.8 Å². The summed E-state index contributed by atoms with van der Waals surface area (Å²) in [6.45, 7) is 4.48. The molecule has 0 aliphatic heterocycles. The number of hydrogen-bond donors (Lipinski definition) is 3. The molecule has 0 fully saturated rings. The third kappa shape index (κ3) is 5.70. The van der Waals surface area contributed by atoms with Gasteiger partial charge in [-0.25, -0.2) is 17.6 Å². The van der Waals surface area contributed by atoms with E-state index in [2.05, 4.69) is 31.3 Å². The highest BCUT2D eigenvalue weighted by Crippen LogP contribution is 2.23. The van der Waals surface area contributed by atoms with Crippen LogP contribution in [0.15, 0.2) is 51.8 Å². The maximum absolute atomic E-state index is 13.8. The number of hydrogen-bond acceptors (Lipinski definition) is 3. The van der Waals surface area contributed by atoms with Crippen LogP contribution in [-0.2, 0) is 10.0 Å². The summed E-state index contributed by atoms with van der Waals surface area (Å²) in [6, 6.07) is 9.23. The smallest absolute Gasteiger partial charge is 0.319 e. The normalized spacial score (nSPS) is 11.3. The minimum absolute atomic E-state index is 0.0482. The van der Waals surface area contributed by atoms with Crippen LogP contribution < -0.4 is 15.4 Å². The molecule has 0 radical (unpaired) electrons. The average Bonchev–Trinajstić information content (AvgIpc) is 2.56. The van der Waals surface area contributed by atoms with Gasteiger partial charge in [0.1, 0.15) is 5.82 Å². The van der Waals surface area contributed by atoms with Crippen LogP contribution in [0.4, 0.5) is 20.6 Å². The maximum atomic E-state index is 13.8. The molecule has 0 heterocycles. The van der Waals surface area contributed by atoms with Gasteiger partial charge in [0.15, 0.2) is 0 Å². The van der Waals surface area contributed by atoms with Gasteiger partial charge in [0.05, 0.1) is 10.6 Å². The van der Waals surface area contributed by atoms with Crippen molar-refractivity contribution in [3.8, 4) is 0 Å². The Morgan fingerprint density at radius 3 is 2.38 bits per heavy atom. The molecule has 3 N–H and O–H groups in total. The van der Waals surface area contributed by atoms with Gasteiger partial charge in [0.2, 0.25) is 0 Å². The molecule has 0 saturated heterocycles. The van der Waals surface area contributed by atoms with Crippen molar-refractivity contribution in [2.24, 2.45) is 5.92 Å². The first-order chi connectivity index (χ1) is 12.2. The Morgan fingerprint density at radius 1 is 1.15 bits per heavy atom.